The van der Waals surface area contributed by atoms with Crippen molar-refractivity contribution in [2.24, 2.45) is 5.92 Å². The zero-order valence-corrected chi connectivity index (χ0v) is 9.81. The van der Waals surface area contributed by atoms with Crippen molar-refractivity contribution in [2.75, 3.05) is 6.61 Å². The first-order chi connectivity index (χ1) is 8.55. The lowest BCUT2D eigenvalue weighted by Gasteiger charge is -2.14. The van der Waals surface area contributed by atoms with Gasteiger partial charge in [0.25, 0.3) is 5.92 Å². The van der Waals surface area contributed by atoms with Crippen LogP contribution in [0.15, 0.2) is 0 Å². The number of aliphatic hydroxyl groups is 1. The normalized spacial score (nSPS) is 15.7. The van der Waals surface area contributed by atoms with Crippen LogP contribution in [0.2, 0.25) is 0 Å². The van der Waals surface area contributed by atoms with Crippen LogP contribution >= 0.6 is 0 Å². The SMILES string of the molecule is N#CCc1nnn(CC(F)(F)CO)c1CC1CC1. The molecule has 18 heavy (non-hydrogen) atoms. The maximum Gasteiger partial charge on any atom is 0.289 e. The van der Waals surface area contributed by atoms with Crippen LogP contribution in [0.4, 0.5) is 8.78 Å². The fraction of sp³-hybridized carbons (Fsp3) is 0.727. The van der Waals surface area contributed by atoms with Gasteiger partial charge in [0.15, 0.2) is 0 Å². The van der Waals surface area contributed by atoms with Crippen LogP contribution in [0.1, 0.15) is 24.2 Å². The van der Waals surface area contributed by atoms with E-state index in [0.29, 0.717) is 23.7 Å². The molecular weight excluding hydrogens is 242 g/mol. The van der Waals surface area contributed by atoms with Crippen molar-refractivity contribution >= 4 is 0 Å². The van der Waals surface area contributed by atoms with Gasteiger partial charge in [-0.05, 0) is 25.2 Å². The Hall–Kier alpha value is -1.55. The molecule has 0 aromatic carbocycles. The van der Waals surface area contributed by atoms with Gasteiger partial charge in [0.1, 0.15) is 13.2 Å². The average Bonchev–Trinajstić information content (AvgIpc) is 3.07. The van der Waals surface area contributed by atoms with Gasteiger partial charge >= 0.3 is 0 Å². The summed E-state index contributed by atoms with van der Waals surface area (Å²) >= 11 is 0. The van der Waals surface area contributed by atoms with E-state index in [9.17, 15) is 8.78 Å². The van der Waals surface area contributed by atoms with E-state index in [1.165, 1.54) is 0 Å². The van der Waals surface area contributed by atoms with Gasteiger partial charge in [-0.1, -0.05) is 5.21 Å². The molecule has 0 bridgehead atoms. The van der Waals surface area contributed by atoms with Gasteiger partial charge in [0.05, 0.1) is 23.9 Å². The number of halogens is 2. The van der Waals surface area contributed by atoms with Crippen molar-refractivity contribution in [3.05, 3.63) is 11.4 Å². The van der Waals surface area contributed by atoms with Crippen molar-refractivity contribution in [1.82, 2.24) is 15.0 Å². The van der Waals surface area contributed by atoms with Crippen LogP contribution < -0.4 is 0 Å². The lowest BCUT2D eigenvalue weighted by atomic mass is 10.1. The van der Waals surface area contributed by atoms with Crippen molar-refractivity contribution < 1.29 is 13.9 Å². The molecule has 1 heterocycles. The van der Waals surface area contributed by atoms with Crippen LogP contribution in [0.25, 0.3) is 0 Å². The monoisotopic (exact) mass is 256 g/mol. The number of aromatic nitrogens is 3. The van der Waals surface area contributed by atoms with Gasteiger partial charge in [0, 0.05) is 0 Å². The van der Waals surface area contributed by atoms with Gasteiger partial charge in [0.2, 0.25) is 0 Å². The number of aliphatic hydroxyl groups excluding tert-OH is 1. The van der Waals surface area contributed by atoms with Crippen molar-refractivity contribution in [3.8, 4) is 6.07 Å². The van der Waals surface area contributed by atoms with E-state index in [2.05, 4.69) is 10.3 Å². The molecular formula is C11H14F2N4O. The summed E-state index contributed by atoms with van der Waals surface area (Å²) in [6.07, 6.45) is 2.86. The number of nitrogens with zero attached hydrogens (tertiary/aromatic N) is 4. The fourth-order valence-electron chi connectivity index (χ4n) is 1.80. The van der Waals surface area contributed by atoms with Crippen molar-refractivity contribution in [1.29, 1.82) is 5.26 Å². The third kappa shape index (κ3) is 3.01. The summed E-state index contributed by atoms with van der Waals surface area (Å²) in [4.78, 5) is 0. The highest BCUT2D eigenvalue weighted by Crippen LogP contribution is 2.33. The summed E-state index contributed by atoms with van der Waals surface area (Å²) in [5.41, 5.74) is 1.07. The number of nitriles is 1. The summed E-state index contributed by atoms with van der Waals surface area (Å²) in [5.74, 6) is -2.72. The average molecular weight is 256 g/mol. The second-order valence-electron chi connectivity index (χ2n) is 4.64. The largest absolute Gasteiger partial charge is 0.390 e. The molecule has 0 saturated heterocycles. The summed E-state index contributed by atoms with van der Waals surface area (Å²) in [7, 11) is 0. The number of alkyl halides is 2. The molecule has 0 atom stereocenters. The standard InChI is InChI=1S/C11H14F2N4O/c12-11(13,7-18)6-17-10(5-8-1-2-8)9(3-4-14)15-16-17/h8,18H,1-3,5-7H2. The first-order valence-electron chi connectivity index (χ1n) is 5.82. The number of hydrogen-bond acceptors (Lipinski definition) is 4. The van der Waals surface area contributed by atoms with E-state index in [4.69, 9.17) is 10.4 Å². The molecule has 1 aliphatic carbocycles. The molecule has 1 fully saturated rings. The highest BCUT2D eigenvalue weighted by molar-refractivity contribution is 5.16. The highest BCUT2D eigenvalue weighted by Gasteiger charge is 2.32. The summed E-state index contributed by atoms with van der Waals surface area (Å²) in [6.45, 7) is -1.91. The van der Waals surface area contributed by atoms with Gasteiger partial charge < -0.3 is 5.11 Å². The quantitative estimate of drug-likeness (QED) is 0.821. The van der Waals surface area contributed by atoms with E-state index in [1.54, 1.807) is 0 Å². The lowest BCUT2D eigenvalue weighted by molar-refractivity contribution is -0.0660. The first-order valence-corrected chi connectivity index (χ1v) is 5.82. The molecule has 0 spiro atoms. The predicted octanol–water partition coefficient (Wildman–Crippen LogP) is 0.924. The predicted molar refractivity (Wildman–Crippen MR) is 57.8 cm³/mol. The maximum atomic E-state index is 13.2. The van der Waals surface area contributed by atoms with E-state index in [0.717, 1.165) is 17.5 Å². The minimum Gasteiger partial charge on any atom is -0.390 e. The third-order valence-electron chi connectivity index (χ3n) is 2.96. The molecule has 1 saturated carbocycles. The molecule has 0 amide bonds. The minimum absolute atomic E-state index is 0.0761. The van der Waals surface area contributed by atoms with Gasteiger partial charge in [-0.15, -0.1) is 5.10 Å². The summed E-state index contributed by atoms with van der Waals surface area (Å²) in [5, 5.41) is 24.7. The Morgan fingerprint density at radius 2 is 2.22 bits per heavy atom. The smallest absolute Gasteiger partial charge is 0.289 e. The molecule has 0 radical (unpaired) electrons. The van der Waals surface area contributed by atoms with E-state index >= 15 is 0 Å². The van der Waals surface area contributed by atoms with Gasteiger partial charge in [-0.2, -0.15) is 5.26 Å². The Bertz CT molecular complexity index is 462. The Morgan fingerprint density at radius 3 is 2.78 bits per heavy atom. The summed E-state index contributed by atoms with van der Waals surface area (Å²) < 4.78 is 27.5. The van der Waals surface area contributed by atoms with E-state index < -0.39 is 19.1 Å². The van der Waals surface area contributed by atoms with E-state index in [1.807, 2.05) is 6.07 Å². The summed E-state index contributed by atoms with van der Waals surface area (Å²) in [6, 6.07) is 1.96. The van der Waals surface area contributed by atoms with Gasteiger partial charge in [-0.3, -0.25) is 0 Å². The minimum atomic E-state index is -3.21. The molecule has 1 aliphatic rings. The maximum absolute atomic E-state index is 13.2. The van der Waals surface area contributed by atoms with Crippen LogP contribution in [0.3, 0.4) is 0 Å². The molecule has 98 valence electrons. The molecule has 1 aromatic rings. The molecule has 5 nitrogen and oxygen atoms in total. The van der Waals surface area contributed by atoms with Crippen LogP contribution in [0, 0.1) is 17.2 Å². The van der Waals surface area contributed by atoms with Crippen LogP contribution in [-0.2, 0) is 19.4 Å². The zero-order chi connectivity index (χ0) is 13.2. The Balaban J connectivity index is 2.20. The van der Waals surface area contributed by atoms with Crippen LogP contribution in [0.5, 0.6) is 0 Å². The molecule has 0 unspecified atom stereocenters. The molecule has 7 heteroatoms. The highest BCUT2D eigenvalue weighted by atomic mass is 19.3. The second-order valence-corrected chi connectivity index (χ2v) is 4.64. The Kier molecular flexibility index (Phi) is 3.57. The Labute approximate surface area is 103 Å². The first kappa shape index (κ1) is 12.9. The third-order valence-corrected chi connectivity index (χ3v) is 2.96. The number of rotatable bonds is 6. The molecule has 1 N–H and O–H groups in total. The van der Waals surface area contributed by atoms with Gasteiger partial charge in [-0.25, -0.2) is 13.5 Å². The molecule has 2 rings (SSSR count). The van der Waals surface area contributed by atoms with Crippen LogP contribution in [-0.4, -0.2) is 32.6 Å². The Morgan fingerprint density at radius 1 is 1.50 bits per heavy atom. The fourth-order valence-corrected chi connectivity index (χ4v) is 1.80. The number of hydrogen-bond donors (Lipinski definition) is 1. The molecule has 0 aliphatic heterocycles. The zero-order valence-electron chi connectivity index (χ0n) is 9.81. The molecule has 1 aromatic heterocycles. The topological polar surface area (TPSA) is 74.7 Å². The lowest BCUT2D eigenvalue weighted by Crippen LogP contribution is -2.29. The van der Waals surface area contributed by atoms with Crippen molar-refractivity contribution in [3.63, 3.8) is 0 Å². The second kappa shape index (κ2) is 4.98. The van der Waals surface area contributed by atoms with Crippen molar-refractivity contribution in [2.45, 2.75) is 38.2 Å². The van der Waals surface area contributed by atoms with E-state index in [-0.39, 0.29) is 6.42 Å².